The van der Waals surface area contributed by atoms with Gasteiger partial charge < -0.3 is 9.64 Å². The lowest BCUT2D eigenvalue weighted by atomic mass is 10.2. The summed E-state index contributed by atoms with van der Waals surface area (Å²) in [6.07, 6.45) is 6.15. The van der Waals surface area contributed by atoms with Gasteiger partial charge in [-0.1, -0.05) is 84.0 Å². The monoisotopic (exact) mass is 551 g/mol. The minimum absolute atomic E-state index is 0.0563. The summed E-state index contributed by atoms with van der Waals surface area (Å²) in [6, 6.07) is 28.6. The zero-order chi connectivity index (χ0) is 23.3. The van der Waals surface area contributed by atoms with Gasteiger partial charge in [0.15, 0.2) is 0 Å². The van der Waals surface area contributed by atoms with Crippen LogP contribution in [0.2, 0.25) is 0 Å². The summed E-state index contributed by atoms with van der Waals surface area (Å²) in [5, 5.41) is 4.07. The maximum atomic E-state index is 6.35. The molecule has 0 bridgehead atoms. The average Bonchev–Trinajstić information content (AvgIpc) is 3.25. The van der Waals surface area contributed by atoms with Crippen molar-refractivity contribution in [1.29, 1.82) is 0 Å². The molecule has 0 saturated carbocycles. The van der Waals surface area contributed by atoms with Gasteiger partial charge in [-0.3, -0.25) is 5.01 Å². The van der Waals surface area contributed by atoms with Gasteiger partial charge in [-0.05, 0) is 57.4 Å². The lowest BCUT2D eigenvalue weighted by molar-refractivity contribution is 0.260. The van der Waals surface area contributed by atoms with Gasteiger partial charge in [0.25, 0.3) is 0 Å². The predicted molar refractivity (Wildman–Crippen MR) is 144 cm³/mol. The Hall–Kier alpha value is -2.64. The van der Waals surface area contributed by atoms with E-state index in [1.807, 2.05) is 54.7 Å². The molecule has 172 valence electrons. The molecule has 0 radical (unpaired) electrons. The van der Waals surface area contributed by atoms with Crippen LogP contribution in [0.4, 0.5) is 0 Å². The van der Waals surface area contributed by atoms with E-state index in [4.69, 9.17) is 16.3 Å². The molecule has 2 heterocycles. The molecule has 4 nitrogen and oxygen atoms in total. The lowest BCUT2D eigenvalue weighted by Crippen LogP contribution is -2.31. The topological polar surface area (TPSA) is 27.7 Å². The lowest BCUT2D eigenvalue weighted by Gasteiger charge is -2.24. The fourth-order valence-electron chi connectivity index (χ4n) is 3.69. The van der Waals surface area contributed by atoms with Crippen molar-refractivity contribution < 1.29 is 4.74 Å². The van der Waals surface area contributed by atoms with Gasteiger partial charge in [-0.25, -0.2) is 5.43 Å². The third-order valence-electron chi connectivity index (χ3n) is 5.37. The number of nitrogens with one attached hydrogen (secondary N) is 1. The smallest absolute Gasteiger partial charge is 0.127 e. The first-order chi connectivity index (χ1) is 16.6. The van der Waals surface area contributed by atoms with Crippen LogP contribution in [0.3, 0.4) is 0 Å². The van der Waals surface area contributed by atoms with Gasteiger partial charge in [-0.2, -0.15) is 0 Å². The normalized spacial score (nSPS) is 19.2. The van der Waals surface area contributed by atoms with Gasteiger partial charge in [0.1, 0.15) is 21.9 Å². The fourth-order valence-corrected chi connectivity index (χ4v) is 5.28. The number of nitrogens with zero attached hydrogens (tertiary/aromatic N) is 2. The third-order valence-corrected chi connectivity index (χ3v) is 7.83. The summed E-state index contributed by atoms with van der Waals surface area (Å²) >= 11 is 11.6. The maximum absolute atomic E-state index is 6.35. The molecule has 3 aromatic carbocycles. The molecular weight excluding hydrogens is 530 g/mol. The summed E-state index contributed by atoms with van der Waals surface area (Å²) in [5.74, 6) is 1.64. The van der Waals surface area contributed by atoms with E-state index in [0.717, 1.165) is 39.7 Å². The van der Waals surface area contributed by atoms with Gasteiger partial charge in [0.05, 0.1) is 11.6 Å². The van der Waals surface area contributed by atoms with Gasteiger partial charge >= 0.3 is 0 Å². The number of hydrazine groups is 1. The highest BCUT2D eigenvalue weighted by molar-refractivity contribution is 9.12. The molecule has 5 rings (SSSR count). The number of thioether (sulfide) groups is 1. The molecule has 0 aliphatic carbocycles. The molecule has 34 heavy (non-hydrogen) atoms. The molecule has 1 fully saturated rings. The molecule has 7 heteroatoms. The van der Waals surface area contributed by atoms with Crippen LogP contribution in [0, 0.1) is 0 Å². The van der Waals surface area contributed by atoms with Gasteiger partial charge in [-0.15, -0.1) is 0 Å². The van der Waals surface area contributed by atoms with Crippen molar-refractivity contribution in [2.24, 2.45) is 0 Å². The highest BCUT2D eigenvalue weighted by Gasteiger charge is 2.29. The third kappa shape index (κ3) is 5.70. The van der Waals surface area contributed by atoms with E-state index in [2.05, 4.69) is 79.9 Å². The summed E-state index contributed by atoms with van der Waals surface area (Å²) in [7, 11) is 0. The van der Waals surface area contributed by atoms with Crippen molar-refractivity contribution >= 4 is 39.3 Å². The Bertz CT molecular complexity index is 1230. The summed E-state index contributed by atoms with van der Waals surface area (Å²) < 4.78 is 6.99. The van der Waals surface area contributed by atoms with Crippen molar-refractivity contribution in [3.05, 3.63) is 129 Å². The molecule has 1 atom stereocenters. The molecule has 0 aromatic heterocycles. The van der Waals surface area contributed by atoms with Crippen LogP contribution in [-0.4, -0.2) is 16.5 Å². The molecule has 2 aliphatic rings. The van der Waals surface area contributed by atoms with E-state index in [1.165, 1.54) is 5.56 Å². The summed E-state index contributed by atoms with van der Waals surface area (Å²) in [6.45, 7) is 1.51. The number of ether oxygens (including phenoxy) is 1. The molecule has 2 aliphatic heterocycles. The van der Waals surface area contributed by atoms with E-state index in [-0.39, 0.29) is 5.37 Å². The molecule has 0 spiro atoms. The predicted octanol–water partition coefficient (Wildman–Crippen LogP) is 7.70. The second-order valence-corrected chi connectivity index (χ2v) is 10.3. The Kier molecular flexibility index (Phi) is 7.30. The molecule has 1 unspecified atom stereocenters. The van der Waals surface area contributed by atoms with Crippen molar-refractivity contribution in [2.75, 3.05) is 6.54 Å². The van der Waals surface area contributed by atoms with Crippen LogP contribution in [0.1, 0.15) is 16.5 Å². The highest BCUT2D eigenvalue weighted by Crippen LogP contribution is 2.42. The number of rotatable bonds is 6. The van der Waals surface area contributed by atoms with Gasteiger partial charge in [0.2, 0.25) is 0 Å². The van der Waals surface area contributed by atoms with Crippen LogP contribution in [-0.2, 0) is 6.54 Å². The molecule has 1 saturated heterocycles. The highest BCUT2D eigenvalue weighted by atomic mass is 79.9. The Balaban J connectivity index is 1.38. The zero-order valence-corrected chi connectivity index (χ0v) is 21.4. The number of para-hydroxylation sites is 1. The largest absolute Gasteiger partial charge is 0.457 e. The fraction of sp³-hybridized carbons (Fsp3) is 0.111. The molecular formula is C27H23BrClN3OS. The number of halogens is 2. The van der Waals surface area contributed by atoms with E-state index in [0.29, 0.717) is 5.03 Å². The number of benzene rings is 3. The van der Waals surface area contributed by atoms with Crippen LogP contribution in [0.5, 0.6) is 11.5 Å². The summed E-state index contributed by atoms with van der Waals surface area (Å²) in [5.41, 5.74) is 6.06. The Morgan fingerprint density at radius 1 is 1.00 bits per heavy atom. The maximum Gasteiger partial charge on any atom is 0.127 e. The number of allylic oxidation sites excluding steroid dienone is 2. The van der Waals surface area contributed by atoms with E-state index in [1.54, 1.807) is 11.8 Å². The SMILES string of the molecule is ClC1=CN(C=C2SC(c3cccc(Oc4ccccc4)c3)NN2Cc2ccccc2)CC=C1Br. The van der Waals surface area contributed by atoms with Gasteiger partial charge in [0, 0.05) is 23.4 Å². The Morgan fingerprint density at radius 3 is 2.50 bits per heavy atom. The number of hydrogen-bond donors (Lipinski definition) is 1. The quantitative estimate of drug-likeness (QED) is 0.338. The Labute approximate surface area is 217 Å². The molecule has 0 amide bonds. The van der Waals surface area contributed by atoms with Crippen LogP contribution in [0.25, 0.3) is 0 Å². The van der Waals surface area contributed by atoms with Crippen molar-refractivity contribution in [2.45, 2.75) is 11.9 Å². The van der Waals surface area contributed by atoms with Crippen LogP contribution in [0.15, 0.2) is 118 Å². The van der Waals surface area contributed by atoms with Crippen LogP contribution < -0.4 is 10.2 Å². The van der Waals surface area contributed by atoms with E-state index >= 15 is 0 Å². The molecule has 1 N–H and O–H groups in total. The first kappa shape index (κ1) is 23.1. The van der Waals surface area contributed by atoms with Crippen molar-refractivity contribution in [1.82, 2.24) is 15.3 Å². The first-order valence-electron chi connectivity index (χ1n) is 10.9. The zero-order valence-electron chi connectivity index (χ0n) is 18.3. The standard InChI is InChI=1S/C27H23BrClN3OS/c28-24-14-15-31(18-25(24)29)19-26-32(17-20-8-3-1-4-9-20)30-27(34-26)21-10-7-13-23(16-21)33-22-11-5-2-6-12-22/h1-14,16,18-19,27,30H,15,17H2. The average molecular weight is 553 g/mol. The minimum Gasteiger partial charge on any atom is -0.457 e. The van der Waals surface area contributed by atoms with E-state index < -0.39 is 0 Å². The molecule has 3 aromatic rings. The van der Waals surface area contributed by atoms with Crippen LogP contribution >= 0.6 is 39.3 Å². The number of hydrogen-bond acceptors (Lipinski definition) is 5. The summed E-state index contributed by atoms with van der Waals surface area (Å²) in [4.78, 5) is 2.10. The van der Waals surface area contributed by atoms with Crippen molar-refractivity contribution in [3.8, 4) is 11.5 Å². The van der Waals surface area contributed by atoms with E-state index in [9.17, 15) is 0 Å². The first-order valence-corrected chi connectivity index (χ1v) is 13.0. The Morgan fingerprint density at radius 2 is 1.74 bits per heavy atom. The second kappa shape index (κ2) is 10.7. The minimum atomic E-state index is 0.0563. The van der Waals surface area contributed by atoms with Crippen molar-refractivity contribution in [3.63, 3.8) is 0 Å². The second-order valence-electron chi connectivity index (χ2n) is 7.88.